The predicted octanol–water partition coefficient (Wildman–Crippen LogP) is 2.74. The first-order valence-corrected chi connectivity index (χ1v) is 3.24. The lowest BCUT2D eigenvalue weighted by Gasteiger charge is -1.84. The molecule has 0 fully saturated rings. The van der Waals surface area contributed by atoms with E-state index < -0.39 is 0 Å². The van der Waals surface area contributed by atoms with E-state index in [1.807, 2.05) is 31.2 Å². The molecule has 1 aromatic heterocycles. The minimum atomic E-state index is 0.270. The fourth-order valence-corrected chi connectivity index (χ4v) is 1.05. The maximum Gasteiger partial charge on any atom is 0.134 e. The Morgan fingerprint density at radius 3 is 3.00 bits per heavy atom. The zero-order chi connectivity index (χ0) is 7.84. The van der Waals surface area contributed by atoms with Crippen LogP contribution in [0.4, 0.5) is 0 Å². The number of furan rings is 1. The van der Waals surface area contributed by atoms with Crippen molar-refractivity contribution in [2.45, 2.75) is 6.92 Å². The summed E-state index contributed by atoms with van der Waals surface area (Å²) in [6.45, 7) is 1.90. The molecule has 0 radical (unpaired) electrons. The SMILES string of the molecule is [2H]c1oc2ccccc2c1C. The van der Waals surface area contributed by atoms with Crippen LogP contribution in [0.5, 0.6) is 0 Å². The summed E-state index contributed by atoms with van der Waals surface area (Å²) in [7, 11) is 0. The average molecular weight is 133 g/mol. The van der Waals surface area contributed by atoms with Gasteiger partial charge in [-0.1, -0.05) is 18.2 Å². The highest BCUT2D eigenvalue weighted by molar-refractivity contribution is 5.80. The summed E-state index contributed by atoms with van der Waals surface area (Å²) < 4.78 is 12.5. The maximum atomic E-state index is 7.38. The molecule has 0 saturated carbocycles. The first-order valence-electron chi connectivity index (χ1n) is 3.74. The second-order valence-corrected chi connectivity index (χ2v) is 2.33. The van der Waals surface area contributed by atoms with Crippen molar-refractivity contribution in [3.8, 4) is 0 Å². The van der Waals surface area contributed by atoms with E-state index in [9.17, 15) is 0 Å². The van der Waals surface area contributed by atoms with Crippen molar-refractivity contribution in [3.05, 3.63) is 36.1 Å². The highest BCUT2D eigenvalue weighted by Crippen LogP contribution is 2.18. The van der Waals surface area contributed by atoms with Gasteiger partial charge in [0.2, 0.25) is 0 Å². The van der Waals surface area contributed by atoms with Crippen LogP contribution in [-0.2, 0) is 0 Å². The van der Waals surface area contributed by atoms with Crippen LogP contribution in [0.3, 0.4) is 0 Å². The van der Waals surface area contributed by atoms with Gasteiger partial charge in [0.05, 0.1) is 6.24 Å². The molecule has 0 aliphatic heterocycles. The number of rotatable bonds is 0. The molecule has 1 heterocycles. The van der Waals surface area contributed by atoms with Gasteiger partial charge in [0.25, 0.3) is 0 Å². The van der Waals surface area contributed by atoms with E-state index in [2.05, 4.69) is 0 Å². The molecular formula is C9H8O. The lowest BCUT2D eigenvalue weighted by atomic mass is 10.2. The number of benzene rings is 1. The van der Waals surface area contributed by atoms with Gasteiger partial charge in [0.1, 0.15) is 6.95 Å². The minimum absolute atomic E-state index is 0.270. The molecule has 10 heavy (non-hydrogen) atoms. The van der Waals surface area contributed by atoms with Gasteiger partial charge >= 0.3 is 0 Å². The van der Waals surface area contributed by atoms with E-state index in [0.717, 1.165) is 16.5 Å². The normalized spacial score (nSPS) is 11.9. The minimum Gasteiger partial charge on any atom is -0.464 e. The van der Waals surface area contributed by atoms with Crippen LogP contribution in [0.2, 0.25) is 0 Å². The topological polar surface area (TPSA) is 13.1 Å². The summed E-state index contributed by atoms with van der Waals surface area (Å²) in [6.07, 6.45) is 0.270. The standard InChI is InChI=1S/C9H8O/c1-7-6-10-9-5-3-2-4-8(7)9/h2-6H,1H3/i6D. The molecule has 0 atom stereocenters. The van der Waals surface area contributed by atoms with Crippen LogP contribution >= 0.6 is 0 Å². The zero-order valence-electron chi connectivity index (χ0n) is 6.72. The second-order valence-electron chi connectivity index (χ2n) is 2.33. The van der Waals surface area contributed by atoms with Crippen molar-refractivity contribution in [1.29, 1.82) is 0 Å². The van der Waals surface area contributed by atoms with E-state index >= 15 is 0 Å². The Balaban J connectivity index is 2.92. The third-order valence-electron chi connectivity index (χ3n) is 1.61. The summed E-state index contributed by atoms with van der Waals surface area (Å²) in [4.78, 5) is 0. The van der Waals surface area contributed by atoms with Crippen molar-refractivity contribution in [2.24, 2.45) is 0 Å². The first-order chi connectivity index (χ1) is 5.29. The lowest BCUT2D eigenvalue weighted by molar-refractivity contribution is 0.613. The molecule has 0 N–H and O–H groups in total. The second kappa shape index (κ2) is 1.87. The van der Waals surface area contributed by atoms with Crippen LogP contribution in [0.1, 0.15) is 6.93 Å². The Kier molecular flexibility index (Phi) is 0.853. The van der Waals surface area contributed by atoms with E-state index in [4.69, 9.17) is 5.79 Å². The Hall–Kier alpha value is -1.24. The fraction of sp³-hybridized carbons (Fsp3) is 0.111. The van der Waals surface area contributed by atoms with Gasteiger partial charge in [0, 0.05) is 5.39 Å². The number of para-hydroxylation sites is 1. The fourth-order valence-electron chi connectivity index (χ4n) is 1.05. The van der Waals surface area contributed by atoms with E-state index in [1.165, 1.54) is 0 Å². The Morgan fingerprint density at radius 1 is 1.40 bits per heavy atom. The monoisotopic (exact) mass is 133 g/mol. The molecule has 1 nitrogen and oxygen atoms in total. The van der Waals surface area contributed by atoms with E-state index in [1.54, 1.807) is 0 Å². The van der Waals surface area contributed by atoms with Crippen molar-refractivity contribution in [1.82, 2.24) is 0 Å². The van der Waals surface area contributed by atoms with Crippen molar-refractivity contribution < 1.29 is 5.79 Å². The number of hydrogen-bond donors (Lipinski definition) is 0. The molecule has 0 aliphatic carbocycles. The molecule has 2 aromatic rings. The summed E-state index contributed by atoms with van der Waals surface area (Å²) in [5.41, 5.74) is 1.72. The molecule has 0 amide bonds. The Bertz CT molecular complexity index is 389. The number of fused-ring (bicyclic) bond motifs is 1. The lowest BCUT2D eigenvalue weighted by Crippen LogP contribution is -1.63. The summed E-state index contributed by atoms with van der Waals surface area (Å²) in [5, 5.41) is 1.04. The summed E-state index contributed by atoms with van der Waals surface area (Å²) in [5.74, 6) is 0. The zero-order valence-corrected chi connectivity index (χ0v) is 5.72. The predicted molar refractivity (Wildman–Crippen MR) is 41.0 cm³/mol. The quantitative estimate of drug-likeness (QED) is 0.538. The van der Waals surface area contributed by atoms with Gasteiger partial charge in [0.15, 0.2) is 0 Å². The van der Waals surface area contributed by atoms with Crippen LogP contribution in [-0.4, -0.2) is 0 Å². The van der Waals surface area contributed by atoms with Crippen LogP contribution in [0.25, 0.3) is 11.0 Å². The van der Waals surface area contributed by atoms with Crippen molar-refractivity contribution in [2.75, 3.05) is 0 Å². The number of hydrogen-bond acceptors (Lipinski definition) is 1. The maximum absolute atomic E-state index is 7.38. The van der Waals surface area contributed by atoms with E-state index in [0.29, 0.717) is 0 Å². The molecule has 1 heteroatoms. The van der Waals surface area contributed by atoms with Crippen LogP contribution in [0, 0.1) is 6.92 Å². The van der Waals surface area contributed by atoms with Gasteiger partial charge in [-0.25, -0.2) is 0 Å². The Labute approximate surface area is 60.7 Å². The van der Waals surface area contributed by atoms with Gasteiger partial charge in [-0.2, -0.15) is 0 Å². The molecule has 0 spiro atoms. The number of aryl methyl sites for hydroxylation is 1. The van der Waals surface area contributed by atoms with Gasteiger partial charge in [-0.05, 0) is 18.6 Å². The summed E-state index contributed by atoms with van der Waals surface area (Å²) >= 11 is 0. The largest absolute Gasteiger partial charge is 0.464 e. The summed E-state index contributed by atoms with van der Waals surface area (Å²) in [6, 6.07) is 7.70. The molecule has 0 saturated heterocycles. The highest BCUT2D eigenvalue weighted by Gasteiger charge is 1.97. The van der Waals surface area contributed by atoms with Gasteiger partial charge in [-0.3, -0.25) is 0 Å². The Morgan fingerprint density at radius 2 is 2.20 bits per heavy atom. The third-order valence-corrected chi connectivity index (χ3v) is 1.61. The van der Waals surface area contributed by atoms with Crippen molar-refractivity contribution in [3.63, 3.8) is 0 Å². The van der Waals surface area contributed by atoms with E-state index in [-0.39, 0.29) is 6.24 Å². The molecular weight excluding hydrogens is 124 g/mol. The van der Waals surface area contributed by atoms with Gasteiger partial charge < -0.3 is 4.42 Å². The van der Waals surface area contributed by atoms with Crippen LogP contribution < -0.4 is 0 Å². The highest BCUT2D eigenvalue weighted by atomic mass is 16.3. The smallest absolute Gasteiger partial charge is 0.134 e. The first kappa shape index (κ1) is 4.56. The van der Waals surface area contributed by atoms with Gasteiger partial charge in [-0.15, -0.1) is 0 Å². The molecule has 0 aliphatic rings. The van der Waals surface area contributed by atoms with Crippen LogP contribution in [0.15, 0.2) is 34.9 Å². The average Bonchev–Trinajstić information content (AvgIpc) is 2.30. The molecule has 0 unspecified atom stereocenters. The molecule has 0 bridgehead atoms. The third kappa shape index (κ3) is 0.637. The molecule has 1 aromatic carbocycles. The van der Waals surface area contributed by atoms with Crippen molar-refractivity contribution >= 4 is 11.0 Å². The molecule has 50 valence electrons. The molecule has 2 rings (SSSR count).